The van der Waals surface area contributed by atoms with Gasteiger partial charge in [-0.2, -0.15) is 0 Å². The number of hydrogen-bond acceptors (Lipinski definition) is 2. The molecule has 0 bridgehead atoms. The van der Waals surface area contributed by atoms with Gasteiger partial charge >= 0.3 is 0 Å². The molecule has 100 valence electrons. The van der Waals surface area contributed by atoms with Gasteiger partial charge in [0.25, 0.3) is 5.56 Å². The molecule has 0 fully saturated rings. The Morgan fingerprint density at radius 3 is 2.74 bits per heavy atom. The van der Waals surface area contributed by atoms with Crippen LogP contribution in [0.1, 0.15) is 19.5 Å². The van der Waals surface area contributed by atoms with Crippen molar-refractivity contribution in [1.29, 1.82) is 0 Å². The highest BCUT2D eigenvalue weighted by molar-refractivity contribution is 9.10. The Labute approximate surface area is 125 Å². The third-order valence-corrected chi connectivity index (χ3v) is 3.49. The minimum Gasteiger partial charge on any atom is -0.306 e. The SMILES string of the molecule is CC(C)Cc1cc(=O)[nH]c(-c2ccc(Cl)cc2Br)n1. The summed E-state index contributed by atoms with van der Waals surface area (Å²) >= 11 is 9.35. The summed E-state index contributed by atoms with van der Waals surface area (Å²) in [4.78, 5) is 19.0. The zero-order valence-corrected chi connectivity index (χ0v) is 13.0. The molecule has 1 aromatic heterocycles. The predicted molar refractivity (Wildman–Crippen MR) is 81.5 cm³/mol. The van der Waals surface area contributed by atoms with Gasteiger partial charge in [-0.05, 0) is 46.5 Å². The number of aromatic nitrogens is 2. The number of benzene rings is 1. The van der Waals surface area contributed by atoms with Gasteiger partial charge in [-0.25, -0.2) is 4.98 Å². The molecule has 0 aliphatic carbocycles. The van der Waals surface area contributed by atoms with Crippen molar-refractivity contribution >= 4 is 27.5 Å². The molecule has 0 atom stereocenters. The van der Waals surface area contributed by atoms with Crippen molar-refractivity contribution in [3.8, 4) is 11.4 Å². The van der Waals surface area contributed by atoms with E-state index in [-0.39, 0.29) is 5.56 Å². The van der Waals surface area contributed by atoms with Crippen LogP contribution in [0.4, 0.5) is 0 Å². The van der Waals surface area contributed by atoms with Crippen molar-refractivity contribution in [3.63, 3.8) is 0 Å². The summed E-state index contributed by atoms with van der Waals surface area (Å²) in [6.45, 7) is 4.20. The Balaban J connectivity index is 2.50. The molecule has 0 saturated carbocycles. The molecule has 0 spiro atoms. The summed E-state index contributed by atoms with van der Waals surface area (Å²) in [6.07, 6.45) is 0.780. The normalized spacial score (nSPS) is 11.0. The second-order valence-corrected chi connectivity index (χ2v) is 6.10. The summed E-state index contributed by atoms with van der Waals surface area (Å²) in [6, 6.07) is 6.94. The van der Waals surface area contributed by atoms with E-state index < -0.39 is 0 Å². The molecule has 0 aliphatic heterocycles. The van der Waals surface area contributed by atoms with Gasteiger partial charge in [-0.15, -0.1) is 0 Å². The molecule has 0 unspecified atom stereocenters. The Hall–Kier alpha value is -1.13. The predicted octanol–water partition coefficient (Wildman–Crippen LogP) is 4.05. The van der Waals surface area contributed by atoms with Crippen molar-refractivity contribution < 1.29 is 0 Å². The van der Waals surface area contributed by atoms with E-state index in [1.165, 1.54) is 0 Å². The fourth-order valence-corrected chi connectivity index (χ4v) is 2.71. The third kappa shape index (κ3) is 3.67. The first-order chi connectivity index (χ1) is 8.95. The summed E-state index contributed by atoms with van der Waals surface area (Å²) in [5.41, 5.74) is 1.49. The number of H-pyrrole nitrogens is 1. The molecule has 0 radical (unpaired) electrons. The number of nitrogens with one attached hydrogen (secondary N) is 1. The monoisotopic (exact) mass is 340 g/mol. The molecular formula is C14H14BrClN2O. The van der Waals surface area contributed by atoms with Crippen LogP contribution in [0.5, 0.6) is 0 Å². The molecule has 0 saturated heterocycles. The standard InChI is InChI=1S/C14H14BrClN2O/c1-8(2)5-10-7-13(19)18-14(17-10)11-4-3-9(16)6-12(11)15/h3-4,6-8H,5H2,1-2H3,(H,17,18,19). The van der Waals surface area contributed by atoms with Crippen LogP contribution in [0.3, 0.4) is 0 Å². The first-order valence-corrected chi connectivity index (χ1v) is 7.18. The van der Waals surface area contributed by atoms with Gasteiger partial charge in [0, 0.05) is 26.8 Å². The summed E-state index contributed by atoms with van der Waals surface area (Å²) < 4.78 is 0.810. The largest absolute Gasteiger partial charge is 0.306 e. The highest BCUT2D eigenvalue weighted by Crippen LogP contribution is 2.28. The lowest BCUT2D eigenvalue weighted by molar-refractivity contribution is 0.634. The van der Waals surface area contributed by atoms with Gasteiger partial charge in [0.1, 0.15) is 5.82 Å². The minimum atomic E-state index is -0.137. The molecule has 1 N–H and O–H groups in total. The van der Waals surface area contributed by atoms with Crippen LogP contribution in [0.15, 0.2) is 33.5 Å². The Morgan fingerprint density at radius 1 is 1.37 bits per heavy atom. The fourth-order valence-electron chi connectivity index (χ4n) is 1.84. The first-order valence-electron chi connectivity index (χ1n) is 6.01. The van der Waals surface area contributed by atoms with Crippen LogP contribution >= 0.6 is 27.5 Å². The van der Waals surface area contributed by atoms with Crippen LogP contribution in [-0.2, 0) is 6.42 Å². The summed E-state index contributed by atoms with van der Waals surface area (Å²) in [7, 11) is 0. The average molecular weight is 342 g/mol. The number of aromatic amines is 1. The lowest BCUT2D eigenvalue weighted by atomic mass is 10.1. The maximum Gasteiger partial charge on any atom is 0.251 e. The van der Waals surface area contributed by atoms with Crippen LogP contribution in [0.2, 0.25) is 5.02 Å². The van der Waals surface area contributed by atoms with Crippen LogP contribution in [0.25, 0.3) is 11.4 Å². The Morgan fingerprint density at radius 2 is 2.11 bits per heavy atom. The van der Waals surface area contributed by atoms with Gasteiger partial charge in [0.2, 0.25) is 0 Å². The number of rotatable bonds is 3. The van der Waals surface area contributed by atoms with Gasteiger partial charge in [0.05, 0.1) is 0 Å². The van der Waals surface area contributed by atoms with Crippen LogP contribution in [-0.4, -0.2) is 9.97 Å². The summed E-state index contributed by atoms with van der Waals surface area (Å²) in [5, 5.41) is 0.635. The quantitative estimate of drug-likeness (QED) is 0.915. The summed E-state index contributed by atoms with van der Waals surface area (Å²) in [5.74, 6) is 1.02. The van der Waals surface area contributed by atoms with Crippen molar-refractivity contribution in [1.82, 2.24) is 9.97 Å². The van der Waals surface area contributed by atoms with Crippen LogP contribution < -0.4 is 5.56 Å². The van der Waals surface area contributed by atoms with Gasteiger partial charge in [-0.3, -0.25) is 4.79 Å². The highest BCUT2D eigenvalue weighted by Gasteiger charge is 2.09. The fraction of sp³-hybridized carbons (Fsp3) is 0.286. The number of nitrogens with zero attached hydrogens (tertiary/aromatic N) is 1. The zero-order chi connectivity index (χ0) is 14.0. The topological polar surface area (TPSA) is 45.8 Å². The van der Waals surface area contributed by atoms with Crippen LogP contribution in [0, 0.1) is 5.92 Å². The molecule has 0 aliphatic rings. The van der Waals surface area contributed by atoms with Crippen molar-refractivity contribution in [2.24, 2.45) is 5.92 Å². The lowest BCUT2D eigenvalue weighted by Crippen LogP contribution is -2.12. The van der Waals surface area contributed by atoms with E-state index in [1.807, 2.05) is 6.07 Å². The zero-order valence-electron chi connectivity index (χ0n) is 10.7. The minimum absolute atomic E-state index is 0.137. The highest BCUT2D eigenvalue weighted by atomic mass is 79.9. The lowest BCUT2D eigenvalue weighted by Gasteiger charge is -2.08. The number of hydrogen-bond donors (Lipinski definition) is 1. The Bertz CT molecular complexity index is 652. The van der Waals surface area contributed by atoms with E-state index in [0.717, 1.165) is 22.2 Å². The van der Waals surface area contributed by atoms with Crippen molar-refractivity contribution in [2.75, 3.05) is 0 Å². The average Bonchev–Trinajstić information content (AvgIpc) is 2.26. The van der Waals surface area contributed by atoms with Crippen molar-refractivity contribution in [3.05, 3.63) is 49.8 Å². The van der Waals surface area contributed by atoms with Gasteiger partial charge < -0.3 is 4.98 Å². The molecule has 2 aromatic rings. The maximum atomic E-state index is 11.7. The first kappa shape index (κ1) is 14.3. The molecule has 1 aromatic carbocycles. The second kappa shape index (κ2) is 5.88. The third-order valence-electron chi connectivity index (χ3n) is 2.60. The van der Waals surface area contributed by atoms with E-state index >= 15 is 0 Å². The smallest absolute Gasteiger partial charge is 0.251 e. The molecule has 0 amide bonds. The molecule has 1 heterocycles. The maximum absolute atomic E-state index is 11.7. The molecular weight excluding hydrogens is 328 g/mol. The Kier molecular flexibility index (Phi) is 4.42. The van der Waals surface area contributed by atoms with E-state index in [0.29, 0.717) is 16.8 Å². The van der Waals surface area contributed by atoms with Gasteiger partial charge in [-0.1, -0.05) is 25.4 Å². The van der Waals surface area contributed by atoms with E-state index in [9.17, 15) is 4.79 Å². The molecule has 19 heavy (non-hydrogen) atoms. The van der Waals surface area contributed by atoms with Gasteiger partial charge in [0.15, 0.2) is 0 Å². The molecule has 2 rings (SSSR count). The van der Waals surface area contributed by atoms with E-state index in [1.54, 1.807) is 18.2 Å². The van der Waals surface area contributed by atoms with Crippen molar-refractivity contribution in [2.45, 2.75) is 20.3 Å². The molecule has 5 heteroatoms. The van der Waals surface area contributed by atoms with E-state index in [4.69, 9.17) is 11.6 Å². The second-order valence-electron chi connectivity index (χ2n) is 4.81. The molecule has 3 nitrogen and oxygen atoms in total. The van der Waals surface area contributed by atoms with E-state index in [2.05, 4.69) is 39.7 Å². The number of halogens is 2.